The number of carboxylic acids is 1. The summed E-state index contributed by atoms with van der Waals surface area (Å²) < 4.78 is 0. The van der Waals surface area contributed by atoms with Gasteiger partial charge in [-0.15, -0.1) is 0 Å². The number of hydrogen-bond acceptors (Lipinski definition) is 2. The lowest BCUT2D eigenvalue weighted by atomic mass is 9.38. The molecule has 1 heterocycles. The molecule has 5 aliphatic rings. The summed E-state index contributed by atoms with van der Waals surface area (Å²) in [7, 11) is 0. The smallest absolute Gasteiger partial charge is 0.309 e. The highest BCUT2D eigenvalue weighted by molar-refractivity contribution is 6.31. The third-order valence-corrected chi connectivity index (χ3v) is 10.4. The molecule has 4 aliphatic carbocycles. The monoisotopic (exact) mass is 497 g/mol. The number of carbonyl (C=O) groups is 2. The van der Waals surface area contributed by atoms with Crippen molar-refractivity contribution in [3.8, 4) is 0 Å². The predicted octanol–water partition coefficient (Wildman–Crippen LogP) is 7.14. The van der Waals surface area contributed by atoms with E-state index in [1.165, 1.54) is 11.1 Å². The number of halogens is 1. The molecule has 1 amide bonds. The molecule has 4 nitrogen and oxygen atoms in total. The highest BCUT2D eigenvalue weighted by Crippen LogP contribution is 2.71. The fourth-order valence-electron chi connectivity index (χ4n) is 7.30. The lowest BCUT2D eigenvalue weighted by Crippen LogP contribution is -2.77. The van der Waals surface area contributed by atoms with Crippen LogP contribution in [0.1, 0.15) is 97.6 Å². The van der Waals surface area contributed by atoms with E-state index in [1.54, 1.807) is 0 Å². The molecular weight excluding hydrogens is 458 g/mol. The molecule has 6 rings (SSSR count). The summed E-state index contributed by atoms with van der Waals surface area (Å²) >= 11 is 6.85. The predicted molar refractivity (Wildman–Crippen MR) is 139 cm³/mol. The molecule has 2 atom stereocenters. The third kappa shape index (κ3) is 3.69. The van der Waals surface area contributed by atoms with E-state index in [-0.39, 0.29) is 27.7 Å². The number of carboxylic acid groups (broad SMARTS) is 1. The van der Waals surface area contributed by atoms with Crippen molar-refractivity contribution in [2.45, 2.75) is 104 Å². The van der Waals surface area contributed by atoms with Gasteiger partial charge in [-0.1, -0.05) is 65.3 Å². The van der Waals surface area contributed by atoms with Gasteiger partial charge >= 0.3 is 5.97 Å². The van der Waals surface area contributed by atoms with E-state index in [4.69, 9.17) is 11.6 Å². The van der Waals surface area contributed by atoms with Gasteiger partial charge in [-0.25, -0.2) is 0 Å². The summed E-state index contributed by atoms with van der Waals surface area (Å²) in [4.78, 5) is 27.3. The standard InChI is InChI=1S/C30H40ClNO3/c1-19-22-15-32(29-16-28(17-29,18-29)25(34)35)24(33)14-30(22,12-11-27(19,5)6)21-8-7-20(23(31)13-21)9-10-26(2,3)4/h7-8,13,15,19H,9-12,14,16-18H2,1-6H3,(H,34,35)/t19?,28?,29?,30-/m0/s1. The summed E-state index contributed by atoms with van der Waals surface area (Å²) in [5, 5.41) is 10.4. The van der Waals surface area contributed by atoms with E-state index in [1.807, 2.05) is 4.90 Å². The molecule has 4 saturated carbocycles. The molecule has 0 saturated heterocycles. The number of aliphatic carboxylic acids is 1. The van der Waals surface area contributed by atoms with Crippen LogP contribution in [0.5, 0.6) is 0 Å². The van der Waals surface area contributed by atoms with Crippen LogP contribution in [-0.4, -0.2) is 27.4 Å². The first-order valence-corrected chi connectivity index (χ1v) is 13.6. The fraction of sp³-hybridized carbons (Fsp3) is 0.667. The van der Waals surface area contributed by atoms with Gasteiger partial charge in [-0.05, 0) is 84.5 Å². The summed E-state index contributed by atoms with van der Waals surface area (Å²) in [5.74, 6) is -0.265. The van der Waals surface area contributed by atoms with Gasteiger partial charge in [0.25, 0.3) is 0 Å². The van der Waals surface area contributed by atoms with Crippen molar-refractivity contribution in [1.82, 2.24) is 4.90 Å². The zero-order chi connectivity index (χ0) is 25.6. The zero-order valence-corrected chi connectivity index (χ0v) is 22.9. The van der Waals surface area contributed by atoms with Crippen molar-refractivity contribution in [2.75, 3.05) is 0 Å². The molecule has 0 radical (unpaired) electrons. The second-order valence-electron chi connectivity index (χ2n) is 14.0. The van der Waals surface area contributed by atoms with Gasteiger partial charge in [0.2, 0.25) is 5.91 Å². The number of fused-ring (bicyclic) bond motifs is 1. The molecule has 1 unspecified atom stereocenters. The average Bonchev–Trinajstić information content (AvgIpc) is 2.68. The Kier molecular flexibility index (Phi) is 5.40. The minimum Gasteiger partial charge on any atom is -0.481 e. The van der Waals surface area contributed by atoms with Crippen molar-refractivity contribution >= 4 is 23.5 Å². The number of nitrogens with zero attached hydrogens (tertiary/aromatic N) is 1. The first-order chi connectivity index (χ1) is 16.1. The van der Waals surface area contributed by atoms with Crippen molar-refractivity contribution < 1.29 is 14.7 Å². The van der Waals surface area contributed by atoms with Crippen LogP contribution in [0.25, 0.3) is 0 Å². The maximum atomic E-state index is 13.7. The third-order valence-electron chi connectivity index (χ3n) is 10.1. The number of benzene rings is 1. The number of hydrogen-bond donors (Lipinski definition) is 1. The van der Waals surface area contributed by atoms with Gasteiger partial charge in [0.1, 0.15) is 0 Å². The Balaban J connectivity index is 1.51. The van der Waals surface area contributed by atoms with Crippen LogP contribution in [-0.2, 0) is 21.4 Å². The molecule has 1 aliphatic heterocycles. The zero-order valence-electron chi connectivity index (χ0n) is 22.1. The Morgan fingerprint density at radius 2 is 1.83 bits per heavy atom. The van der Waals surface area contributed by atoms with Crippen molar-refractivity contribution in [3.63, 3.8) is 0 Å². The number of aryl methyl sites for hydroxylation is 1. The molecule has 1 aromatic carbocycles. The molecule has 0 aromatic heterocycles. The first-order valence-electron chi connectivity index (χ1n) is 13.2. The van der Waals surface area contributed by atoms with Crippen LogP contribution >= 0.6 is 11.6 Å². The minimum atomic E-state index is -0.709. The summed E-state index contributed by atoms with van der Waals surface area (Å²) in [6.45, 7) is 13.7. The van der Waals surface area contributed by atoms with Crippen LogP contribution < -0.4 is 0 Å². The van der Waals surface area contributed by atoms with Gasteiger partial charge < -0.3 is 10.0 Å². The molecule has 1 N–H and O–H groups in total. The molecular formula is C30H40ClNO3. The van der Waals surface area contributed by atoms with Crippen molar-refractivity contribution in [3.05, 3.63) is 46.1 Å². The minimum absolute atomic E-state index is 0.132. The number of allylic oxidation sites excluding steroid dienone is 1. The van der Waals surface area contributed by atoms with Gasteiger partial charge in [-0.2, -0.15) is 0 Å². The van der Waals surface area contributed by atoms with Crippen molar-refractivity contribution in [2.24, 2.45) is 22.2 Å². The fourth-order valence-corrected chi connectivity index (χ4v) is 7.58. The van der Waals surface area contributed by atoms with Crippen molar-refractivity contribution in [1.29, 1.82) is 0 Å². The van der Waals surface area contributed by atoms with Gasteiger partial charge in [0.15, 0.2) is 0 Å². The van der Waals surface area contributed by atoms with Crippen LogP contribution in [0, 0.1) is 22.2 Å². The Labute approximate surface area is 215 Å². The maximum absolute atomic E-state index is 13.7. The lowest BCUT2D eigenvalue weighted by molar-refractivity contribution is -0.224. The molecule has 0 spiro atoms. The molecule has 1 aromatic rings. The Morgan fingerprint density at radius 1 is 1.17 bits per heavy atom. The number of rotatable bonds is 5. The summed E-state index contributed by atoms with van der Waals surface area (Å²) in [6.07, 6.45) is 8.35. The van der Waals surface area contributed by atoms with Gasteiger partial charge in [0, 0.05) is 23.1 Å². The van der Waals surface area contributed by atoms with Crippen LogP contribution in [0.3, 0.4) is 0 Å². The number of carbonyl (C=O) groups excluding carboxylic acids is 1. The Bertz CT molecular complexity index is 1110. The summed E-state index contributed by atoms with van der Waals surface area (Å²) in [5.41, 5.74) is 2.83. The largest absolute Gasteiger partial charge is 0.481 e. The first kappa shape index (κ1) is 24.9. The van der Waals surface area contributed by atoms with E-state index < -0.39 is 11.4 Å². The van der Waals surface area contributed by atoms with Gasteiger partial charge in [-0.3, -0.25) is 9.59 Å². The van der Waals surface area contributed by atoms with E-state index in [9.17, 15) is 14.7 Å². The number of amides is 1. The molecule has 190 valence electrons. The normalized spacial score (nSPS) is 35.5. The lowest BCUT2D eigenvalue weighted by Gasteiger charge is -2.71. The topological polar surface area (TPSA) is 57.6 Å². The second kappa shape index (κ2) is 7.60. The quantitative estimate of drug-likeness (QED) is 0.470. The SMILES string of the molecule is CC1C2=CN(C34CC(C(=O)O)(C3)C4)C(=O)C[C@]2(c2ccc(CCC(C)(C)C)c(Cl)c2)CCC1(C)C. The van der Waals surface area contributed by atoms with Gasteiger partial charge in [0.05, 0.1) is 11.0 Å². The van der Waals surface area contributed by atoms with E-state index in [0.29, 0.717) is 31.6 Å². The summed E-state index contributed by atoms with van der Waals surface area (Å²) in [6, 6.07) is 6.52. The molecule has 2 bridgehead atoms. The Morgan fingerprint density at radius 3 is 2.40 bits per heavy atom. The van der Waals surface area contributed by atoms with Crippen LogP contribution in [0.15, 0.2) is 30.0 Å². The highest BCUT2D eigenvalue weighted by atomic mass is 35.5. The maximum Gasteiger partial charge on any atom is 0.309 e. The second-order valence-corrected chi connectivity index (χ2v) is 14.4. The Hall–Kier alpha value is -1.81. The van der Waals surface area contributed by atoms with E-state index in [0.717, 1.165) is 36.3 Å². The van der Waals surface area contributed by atoms with Crippen LogP contribution in [0.4, 0.5) is 0 Å². The van der Waals surface area contributed by atoms with Crippen LogP contribution in [0.2, 0.25) is 5.02 Å². The molecule has 4 fully saturated rings. The average molecular weight is 498 g/mol. The van der Waals surface area contributed by atoms with E-state index >= 15 is 0 Å². The molecule has 5 heteroatoms. The highest BCUT2D eigenvalue weighted by Gasteiger charge is 2.75. The molecule has 35 heavy (non-hydrogen) atoms. The van der Waals surface area contributed by atoms with E-state index in [2.05, 4.69) is 65.9 Å².